The lowest BCUT2D eigenvalue weighted by Crippen LogP contribution is -2.18. The van der Waals surface area contributed by atoms with Crippen LogP contribution < -0.4 is 5.32 Å². The second kappa shape index (κ2) is 6.22. The molecule has 2 rings (SSSR count). The van der Waals surface area contributed by atoms with E-state index in [1.54, 1.807) is 11.8 Å². The number of anilines is 1. The minimum absolute atomic E-state index is 0.103. The van der Waals surface area contributed by atoms with Crippen LogP contribution in [-0.2, 0) is 30.4 Å². The highest BCUT2D eigenvalue weighted by molar-refractivity contribution is 5.37. The fourth-order valence-electron chi connectivity index (χ4n) is 1.90. The molecule has 2 aromatic rings. The van der Waals surface area contributed by atoms with Gasteiger partial charge in [0, 0.05) is 43.9 Å². The van der Waals surface area contributed by atoms with E-state index in [1.807, 2.05) is 25.5 Å². The third-order valence-corrected chi connectivity index (χ3v) is 2.97. The van der Waals surface area contributed by atoms with Crippen LogP contribution >= 0.6 is 0 Å². The summed E-state index contributed by atoms with van der Waals surface area (Å²) in [7, 11) is 3.57. The number of nitrogens with zero attached hydrogens (tertiary/aromatic N) is 4. The van der Waals surface area contributed by atoms with E-state index in [1.165, 1.54) is 0 Å². The minimum Gasteiger partial charge on any atom is -0.378 e. The summed E-state index contributed by atoms with van der Waals surface area (Å²) in [5.41, 5.74) is 1.89. The monoisotopic (exact) mass is 289 g/mol. The molecule has 0 aliphatic rings. The molecule has 2 aromatic heterocycles. The standard InChI is InChI=1S/C15H23N5O/c1-15(2,3)14-18-12(10-21-5)6-13(19-14)16-7-11-8-17-20(4)9-11/h6,8-9H,7,10H2,1-5H3,(H,16,18,19). The zero-order chi connectivity index (χ0) is 15.5. The molecule has 0 unspecified atom stereocenters. The van der Waals surface area contributed by atoms with Gasteiger partial charge < -0.3 is 10.1 Å². The summed E-state index contributed by atoms with van der Waals surface area (Å²) in [6.07, 6.45) is 3.82. The fourth-order valence-corrected chi connectivity index (χ4v) is 1.90. The van der Waals surface area contributed by atoms with E-state index < -0.39 is 0 Å². The van der Waals surface area contributed by atoms with Crippen molar-refractivity contribution in [3.8, 4) is 0 Å². The first-order valence-corrected chi connectivity index (χ1v) is 6.97. The average Bonchev–Trinajstić information content (AvgIpc) is 2.81. The Labute approximate surface area is 125 Å². The van der Waals surface area contributed by atoms with Crippen molar-refractivity contribution in [3.63, 3.8) is 0 Å². The van der Waals surface area contributed by atoms with Crippen molar-refractivity contribution in [2.24, 2.45) is 7.05 Å². The van der Waals surface area contributed by atoms with Crippen molar-refractivity contribution in [1.29, 1.82) is 0 Å². The van der Waals surface area contributed by atoms with Gasteiger partial charge in [0.2, 0.25) is 0 Å². The Morgan fingerprint density at radius 2 is 2.05 bits per heavy atom. The van der Waals surface area contributed by atoms with Crippen molar-refractivity contribution in [2.45, 2.75) is 39.3 Å². The van der Waals surface area contributed by atoms with Gasteiger partial charge in [-0.3, -0.25) is 4.68 Å². The maximum atomic E-state index is 5.19. The average molecular weight is 289 g/mol. The van der Waals surface area contributed by atoms with Gasteiger partial charge in [0.15, 0.2) is 0 Å². The van der Waals surface area contributed by atoms with Crippen molar-refractivity contribution in [2.75, 3.05) is 12.4 Å². The number of hydrogen-bond acceptors (Lipinski definition) is 5. The SMILES string of the molecule is COCc1cc(NCc2cnn(C)c2)nc(C(C)(C)C)n1. The molecule has 21 heavy (non-hydrogen) atoms. The van der Waals surface area contributed by atoms with Gasteiger partial charge in [-0.1, -0.05) is 20.8 Å². The largest absolute Gasteiger partial charge is 0.378 e. The molecular formula is C15H23N5O. The number of aryl methyl sites for hydroxylation is 1. The van der Waals surface area contributed by atoms with Crippen molar-refractivity contribution in [3.05, 3.63) is 35.5 Å². The number of rotatable bonds is 5. The Morgan fingerprint density at radius 3 is 2.62 bits per heavy atom. The lowest BCUT2D eigenvalue weighted by Gasteiger charge is -2.18. The molecule has 1 N–H and O–H groups in total. The first-order valence-electron chi connectivity index (χ1n) is 6.97. The van der Waals surface area contributed by atoms with E-state index in [-0.39, 0.29) is 5.41 Å². The summed E-state index contributed by atoms with van der Waals surface area (Å²) in [5.74, 6) is 1.62. The first kappa shape index (κ1) is 15.4. The van der Waals surface area contributed by atoms with Crippen LogP contribution in [0.15, 0.2) is 18.5 Å². The van der Waals surface area contributed by atoms with E-state index >= 15 is 0 Å². The molecule has 0 aliphatic heterocycles. The second-order valence-corrected chi connectivity index (χ2v) is 6.13. The molecule has 2 heterocycles. The number of methoxy groups -OCH3 is 1. The molecule has 6 heteroatoms. The Balaban J connectivity index is 2.19. The van der Waals surface area contributed by atoms with Gasteiger partial charge in [-0.05, 0) is 0 Å². The van der Waals surface area contributed by atoms with Crippen LogP contribution in [0.1, 0.15) is 37.9 Å². The van der Waals surface area contributed by atoms with E-state index in [0.717, 1.165) is 22.9 Å². The van der Waals surface area contributed by atoms with Gasteiger partial charge in [-0.15, -0.1) is 0 Å². The fraction of sp³-hybridized carbons (Fsp3) is 0.533. The van der Waals surface area contributed by atoms with E-state index in [9.17, 15) is 0 Å². The molecule has 0 fully saturated rings. The lowest BCUT2D eigenvalue weighted by atomic mass is 9.95. The predicted octanol–water partition coefficient (Wildman–Crippen LogP) is 2.27. The summed E-state index contributed by atoms with van der Waals surface area (Å²) in [4.78, 5) is 9.16. The highest BCUT2D eigenvalue weighted by Crippen LogP contribution is 2.21. The van der Waals surface area contributed by atoms with E-state index in [4.69, 9.17) is 4.74 Å². The summed E-state index contributed by atoms with van der Waals surface area (Å²) < 4.78 is 6.97. The van der Waals surface area contributed by atoms with Crippen LogP contribution in [0, 0.1) is 0 Å². The molecule has 6 nitrogen and oxygen atoms in total. The Kier molecular flexibility index (Phi) is 4.57. The van der Waals surface area contributed by atoms with Crippen molar-refractivity contribution in [1.82, 2.24) is 19.7 Å². The molecule has 114 valence electrons. The van der Waals surface area contributed by atoms with Gasteiger partial charge in [0.05, 0.1) is 18.5 Å². The predicted molar refractivity (Wildman–Crippen MR) is 82.0 cm³/mol. The lowest BCUT2D eigenvalue weighted by molar-refractivity contribution is 0.181. The molecule has 0 aliphatic carbocycles. The molecule has 0 amide bonds. The van der Waals surface area contributed by atoms with Gasteiger partial charge in [-0.2, -0.15) is 5.10 Å². The van der Waals surface area contributed by atoms with Gasteiger partial charge in [0.1, 0.15) is 11.6 Å². The maximum Gasteiger partial charge on any atom is 0.136 e. The summed E-state index contributed by atoms with van der Waals surface area (Å²) >= 11 is 0. The highest BCUT2D eigenvalue weighted by Gasteiger charge is 2.19. The zero-order valence-corrected chi connectivity index (χ0v) is 13.3. The van der Waals surface area contributed by atoms with Crippen LogP contribution in [0.25, 0.3) is 0 Å². The summed E-state index contributed by atoms with van der Waals surface area (Å²) in [6.45, 7) is 7.46. The highest BCUT2D eigenvalue weighted by atomic mass is 16.5. The van der Waals surface area contributed by atoms with Crippen molar-refractivity contribution < 1.29 is 4.74 Å². The summed E-state index contributed by atoms with van der Waals surface area (Å²) in [6, 6.07) is 1.93. The smallest absolute Gasteiger partial charge is 0.136 e. The Hall–Kier alpha value is -1.95. The number of hydrogen-bond donors (Lipinski definition) is 1. The maximum absolute atomic E-state index is 5.19. The number of aromatic nitrogens is 4. The molecule has 0 saturated heterocycles. The van der Waals surface area contributed by atoms with Crippen LogP contribution in [0.2, 0.25) is 0 Å². The Bertz CT molecular complexity index is 600. The topological polar surface area (TPSA) is 64.9 Å². The molecular weight excluding hydrogens is 266 g/mol. The Morgan fingerprint density at radius 1 is 1.29 bits per heavy atom. The third kappa shape index (κ3) is 4.26. The first-order chi connectivity index (χ1) is 9.88. The van der Waals surface area contributed by atoms with E-state index in [0.29, 0.717) is 13.2 Å². The minimum atomic E-state index is -0.103. The van der Waals surface area contributed by atoms with Gasteiger partial charge in [-0.25, -0.2) is 9.97 Å². The van der Waals surface area contributed by atoms with Crippen molar-refractivity contribution >= 4 is 5.82 Å². The number of ether oxygens (including phenoxy) is 1. The van der Waals surface area contributed by atoms with Gasteiger partial charge >= 0.3 is 0 Å². The van der Waals surface area contributed by atoms with Crippen LogP contribution in [0.4, 0.5) is 5.82 Å². The van der Waals surface area contributed by atoms with E-state index in [2.05, 4.69) is 41.2 Å². The van der Waals surface area contributed by atoms with Gasteiger partial charge in [0.25, 0.3) is 0 Å². The number of nitrogens with one attached hydrogen (secondary N) is 1. The third-order valence-electron chi connectivity index (χ3n) is 2.97. The van der Waals surface area contributed by atoms with Crippen LogP contribution in [-0.4, -0.2) is 26.9 Å². The molecule has 0 bridgehead atoms. The zero-order valence-electron chi connectivity index (χ0n) is 13.3. The normalized spacial score (nSPS) is 11.7. The molecule has 0 atom stereocenters. The van der Waals surface area contributed by atoms with Crippen LogP contribution in [0.3, 0.4) is 0 Å². The second-order valence-electron chi connectivity index (χ2n) is 6.13. The summed E-state index contributed by atoms with van der Waals surface area (Å²) in [5, 5.41) is 7.48. The molecule has 0 saturated carbocycles. The quantitative estimate of drug-likeness (QED) is 0.914. The van der Waals surface area contributed by atoms with Crippen LogP contribution in [0.5, 0.6) is 0 Å². The molecule has 0 aromatic carbocycles. The molecule has 0 radical (unpaired) electrons. The molecule has 0 spiro atoms.